The molecular formula is C17H17N3O3S. The molecule has 1 atom stereocenters. The third-order valence-electron chi connectivity index (χ3n) is 3.69. The van der Waals surface area contributed by atoms with Crippen LogP contribution in [0.3, 0.4) is 0 Å². The standard InChI is InChI=1S/C17H17N3O3S/c1-2-3-8-24(23)15-9-13-10-19-20(16(13)18-11-15)14-6-4-12(5-7-14)17(21)22/h4-7,9-11H,2-3,8H2,1H3,(H,21,22). The van der Waals surface area contributed by atoms with Gasteiger partial charge in [0.25, 0.3) is 0 Å². The van der Waals surface area contributed by atoms with Gasteiger partial charge in [-0.25, -0.2) is 14.5 Å². The van der Waals surface area contributed by atoms with Crippen LogP contribution in [0, 0.1) is 0 Å². The monoisotopic (exact) mass is 343 g/mol. The summed E-state index contributed by atoms with van der Waals surface area (Å²) in [6.45, 7) is 2.07. The molecule has 3 rings (SSSR count). The molecule has 0 saturated heterocycles. The van der Waals surface area contributed by atoms with Crippen molar-refractivity contribution in [1.29, 1.82) is 0 Å². The fourth-order valence-electron chi connectivity index (χ4n) is 2.35. The van der Waals surface area contributed by atoms with Crippen LogP contribution in [-0.4, -0.2) is 35.8 Å². The van der Waals surface area contributed by atoms with Crippen molar-refractivity contribution in [1.82, 2.24) is 14.8 Å². The van der Waals surface area contributed by atoms with Crippen LogP contribution in [0.1, 0.15) is 30.1 Å². The van der Waals surface area contributed by atoms with E-state index in [1.807, 2.05) is 6.07 Å². The van der Waals surface area contributed by atoms with Crippen molar-refractivity contribution >= 4 is 27.8 Å². The third kappa shape index (κ3) is 3.21. The Balaban J connectivity index is 1.93. The van der Waals surface area contributed by atoms with Crippen molar-refractivity contribution in [3.05, 3.63) is 48.3 Å². The summed E-state index contributed by atoms with van der Waals surface area (Å²) >= 11 is 0. The zero-order chi connectivity index (χ0) is 17.1. The van der Waals surface area contributed by atoms with Crippen molar-refractivity contribution < 1.29 is 14.1 Å². The second-order valence-electron chi connectivity index (χ2n) is 5.40. The number of aromatic carboxylic acids is 1. The fraction of sp³-hybridized carbons (Fsp3) is 0.235. The second kappa shape index (κ2) is 6.92. The van der Waals surface area contributed by atoms with Gasteiger partial charge in [0.05, 0.1) is 33.1 Å². The van der Waals surface area contributed by atoms with Gasteiger partial charge in [0.2, 0.25) is 0 Å². The Bertz CT molecular complexity index is 903. The highest BCUT2D eigenvalue weighted by Gasteiger charge is 2.11. The highest BCUT2D eigenvalue weighted by atomic mass is 32.2. The largest absolute Gasteiger partial charge is 0.478 e. The lowest BCUT2D eigenvalue weighted by molar-refractivity contribution is 0.0697. The molecule has 0 amide bonds. The van der Waals surface area contributed by atoms with Crippen LogP contribution < -0.4 is 0 Å². The van der Waals surface area contributed by atoms with Crippen molar-refractivity contribution in [2.75, 3.05) is 5.75 Å². The Morgan fingerprint density at radius 2 is 2.00 bits per heavy atom. The molecule has 0 fully saturated rings. The molecule has 2 aromatic heterocycles. The minimum Gasteiger partial charge on any atom is -0.478 e. The molecule has 1 unspecified atom stereocenters. The van der Waals surface area contributed by atoms with Crippen LogP contribution in [0.2, 0.25) is 0 Å². The zero-order valence-electron chi connectivity index (χ0n) is 13.2. The molecule has 3 aromatic rings. The Morgan fingerprint density at radius 1 is 1.25 bits per heavy atom. The van der Waals surface area contributed by atoms with Crippen molar-refractivity contribution in [3.63, 3.8) is 0 Å². The van der Waals surface area contributed by atoms with Crippen LogP contribution in [-0.2, 0) is 10.8 Å². The third-order valence-corrected chi connectivity index (χ3v) is 5.10. The quantitative estimate of drug-likeness (QED) is 0.743. The Morgan fingerprint density at radius 3 is 2.67 bits per heavy atom. The maximum absolute atomic E-state index is 12.2. The summed E-state index contributed by atoms with van der Waals surface area (Å²) in [5.74, 6) is -0.335. The van der Waals surface area contributed by atoms with E-state index in [9.17, 15) is 9.00 Å². The first-order chi connectivity index (χ1) is 11.6. The number of carboxylic acids is 1. The maximum atomic E-state index is 12.2. The SMILES string of the molecule is CCCCS(=O)c1cnc2c(cnn2-c2ccc(C(=O)O)cc2)c1. The molecule has 124 valence electrons. The van der Waals surface area contributed by atoms with Gasteiger partial charge in [-0.05, 0) is 36.8 Å². The van der Waals surface area contributed by atoms with E-state index in [0.29, 0.717) is 16.3 Å². The Kier molecular flexibility index (Phi) is 4.71. The number of benzene rings is 1. The number of hydrogen-bond acceptors (Lipinski definition) is 4. The summed E-state index contributed by atoms with van der Waals surface area (Å²) < 4.78 is 13.9. The van der Waals surface area contributed by atoms with E-state index in [-0.39, 0.29) is 5.56 Å². The summed E-state index contributed by atoms with van der Waals surface area (Å²) in [7, 11) is -1.05. The van der Waals surface area contributed by atoms with E-state index in [2.05, 4.69) is 17.0 Å². The lowest BCUT2D eigenvalue weighted by atomic mass is 10.2. The van der Waals surface area contributed by atoms with Gasteiger partial charge >= 0.3 is 5.97 Å². The summed E-state index contributed by atoms with van der Waals surface area (Å²) in [4.78, 5) is 16.0. The first-order valence-corrected chi connectivity index (χ1v) is 8.98. The van der Waals surface area contributed by atoms with Gasteiger partial charge < -0.3 is 5.11 Å². The summed E-state index contributed by atoms with van der Waals surface area (Å²) in [5.41, 5.74) is 1.59. The molecule has 2 heterocycles. The highest BCUT2D eigenvalue weighted by molar-refractivity contribution is 7.85. The number of unbranched alkanes of at least 4 members (excludes halogenated alkanes) is 1. The minimum atomic E-state index is -1.05. The molecular weight excluding hydrogens is 326 g/mol. The molecule has 24 heavy (non-hydrogen) atoms. The lowest BCUT2D eigenvalue weighted by Crippen LogP contribution is -2.01. The topological polar surface area (TPSA) is 85.1 Å². The number of carbonyl (C=O) groups is 1. The predicted octanol–water partition coefficient (Wildman–Crippen LogP) is 3.03. The fourth-order valence-corrected chi connectivity index (χ4v) is 3.57. The van der Waals surface area contributed by atoms with Crippen LogP contribution in [0.5, 0.6) is 0 Å². The van der Waals surface area contributed by atoms with Gasteiger partial charge in [-0.1, -0.05) is 13.3 Å². The number of hydrogen-bond donors (Lipinski definition) is 1. The number of pyridine rings is 1. The van der Waals surface area contributed by atoms with Crippen LogP contribution >= 0.6 is 0 Å². The molecule has 0 aliphatic carbocycles. The summed E-state index contributed by atoms with van der Waals surface area (Å²) in [6, 6.07) is 8.28. The lowest BCUT2D eigenvalue weighted by Gasteiger charge is -2.04. The number of nitrogens with zero attached hydrogens (tertiary/aromatic N) is 3. The van der Waals surface area contributed by atoms with Crippen LogP contribution in [0.15, 0.2) is 47.6 Å². The Hall–Kier alpha value is -2.54. The number of rotatable bonds is 6. The summed E-state index contributed by atoms with van der Waals surface area (Å²) in [5, 5.41) is 14.1. The van der Waals surface area contributed by atoms with Gasteiger partial charge in [0, 0.05) is 17.3 Å². The van der Waals surface area contributed by atoms with Crippen molar-refractivity contribution in [2.45, 2.75) is 24.7 Å². The smallest absolute Gasteiger partial charge is 0.335 e. The van der Waals surface area contributed by atoms with Gasteiger partial charge in [-0.3, -0.25) is 4.21 Å². The van der Waals surface area contributed by atoms with Gasteiger partial charge in [0.1, 0.15) is 0 Å². The average Bonchev–Trinajstić information content (AvgIpc) is 3.02. The van der Waals surface area contributed by atoms with Gasteiger partial charge in [-0.15, -0.1) is 0 Å². The van der Waals surface area contributed by atoms with Gasteiger partial charge in [-0.2, -0.15) is 5.10 Å². The molecule has 0 aliphatic heterocycles. The average molecular weight is 343 g/mol. The molecule has 0 saturated carbocycles. The Labute approximate surface area is 141 Å². The molecule has 0 spiro atoms. The summed E-state index contributed by atoms with van der Waals surface area (Å²) in [6.07, 6.45) is 5.22. The minimum absolute atomic E-state index is 0.219. The molecule has 0 bridgehead atoms. The molecule has 1 N–H and O–H groups in total. The van der Waals surface area contributed by atoms with Crippen LogP contribution in [0.25, 0.3) is 16.7 Å². The van der Waals surface area contributed by atoms with E-state index in [1.165, 1.54) is 12.1 Å². The molecule has 7 heteroatoms. The number of fused-ring (bicyclic) bond motifs is 1. The van der Waals surface area contributed by atoms with Crippen molar-refractivity contribution in [2.24, 2.45) is 0 Å². The first-order valence-electron chi connectivity index (χ1n) is 7.66. The van der Waals surface area contributed by atoms with Crippen LogP contribution in [0.4, 0.5) is 0 Å². The maximum Gasteiger partial charge on any atom is 0.335 e. The highest BCUT2D eigenvalue weighted by Crippen LogP contribution is 2.19. The number of carboxylic acid groups (broad SMARTS) is 1. The van der Waals surface area contributed by atoms with E-state index >= 15 is 0 Å². The van der Waals surface area contributed by atoms with E-state index in [1.54, 1.807) is 29.2 Å². The van der Waals surface area contributed by atoms with E-state index in [0.717, 1.165) is 23.9 Å². The molecule has 0 aliphatic rings. The van der Waals surface area contributed by atoms with E-state index < -0.39 is 16.8 Å². The van der Waals surface area contributed by atoms with Gasteiger partial charge in [0.15, 0.2) is 5.65 Å². The first kappa shape index (κ1) is 16.3. The zero-order valence-corrected chi connectivity index (χ0v) is 14.0. The normalized spacial score (nSPS) is 12.4. The molecule has 0 radical (unpaired) electrons. The van der Waals surface area contributed by atoms with Crippen molar-refractivity contribution in [3.8, 4) is 5.69 Å². The number of aromatic nitrogens is 3. The second-order valence-corrected chi connectivity index (χ2v) is 6.97. The predicted molar refractivity (Wildman–Crippen MR) is 92.0 cm³/mol. The molecule has 6 nitrogen and oxygen atoms in total. The van der Waals surface area contributed by atoms with E-state index in [4.69, 9.17) is 5.11 Å². The molecule has 1 aromatic carbocycles.